The third-order valence-electron chi connectivity index (χ3n) is 4.86. The van der Waals surface area contributed by atoms with Crippen LogP contribution in [-0.4, -0.2) is 25.0 Å². The van der Waals surface area contributed by atoms with Crippen LogP contribution in [0.25, 0.3) is 0 Å². The Morgan fingerprint density at radius 2 is 1.45 bits per heavy atom. The predicted octanol–water partition coefficient (Wildman–Crippen LogP) is 4.50. The lowest BCUT2D eigenvalue weighted by Crippen LogP contribution is -2.30. The lowest BCUT2D eigenvalue weighted by Gasteiger charge is -2.20. The quantitative estimate of drug-likeness (QED) is 0.478. The molecule has 160 valence electrons. The number of hydrogen-bond acceptors (Lipinski definition) is 3. The van der Waals surface area contributed by atoms with E-state index in [1.807, 2.05) is 79.7 Å². The van der Waals surface area contributed by atoms with Crippen LogP contribution in [0.15, 0.2) is 84.9 Å². The predicted molar refractivity (Wildman–Crippen MR) is 122 cm³/mol. The van der Waals surface area contributed by atoms with Crippen LogP contribution in [-0.2, 0) is 4.79 Å². The van der Waals surface area contributed by atoms with Crippen molar-refractivity contribution in [2.24, 2.45) is 0 Å². The van der Waals surface area contributed by atoms with Gasteiger partial charge in [-0.1, -0.05) is 60.7 Å². The summed E-state index contributed by atoms with van der Waals surface area (Å²) in [7, 11) is 0. The van der Waals surface area contributed by atoms with Gasteiger partial charge in [0.25, 0.3) is 5.91 Å². The molecule has 0 bridgehead atoms. The van der Waals surface area contributed by atoms with Gasteiger partial charge in [0.05, 0.1) is 12.6 Å². The zero-order valence-electron chi connectivity index (χ0n) is 17.7. The maximum Gasteiger partial charge on any atom is 0.251 e. The Kier molecular flexibility index (Phi) is 8.23. The molecule has 0 aliphatic rings. The molecular weight excluding hydrogens is 388 g/mol. The van der Waals surface area contributed by atoms with E-state index >= 15 is 0 Å². The van der Waals surface area contributed by atoms with Gasteiger partial charge in [-0.2, -0.15) is 0 Å². The average molecular weight is 417 g/mol. The number of carbonyl (C=O) groups excluding carboxylic acids is 2. The molecule has 5 heteroatoms. The summed E-state index contributed by atoms with van der Waals surface area (Å²) < 4.78 is 5.52. The number of carbonyl (C=O) groups is 2. The van der Waals surface area contributed by atoms with Crippen molar-refractivity contribution < 1.29 is 14.3 Å². The van der Waals surface area contributed by atoms with Gasteiger partial charge in [0.15, 0.2) is 0 Å². The Labute approximate surface area is 183 Å². The van der Waals surface area contributed by atoms with Crippen LogP contribution in [0.5, 0.6) is 5.75 Å². The fourth-order valence-electron chi connectivity index (χ4n) is 3.30. The van der Waals surface area contributed by atoms with Crippen molar-refractivity contribution in [1.29, 1.82) is 0 Å². The fraction of sp³-hybridized carbons (Fsp3) is 0.231. The van der Waals surface area contributed by atoms with E-state index in [1.54, 1.807) is 12.1 Å². The topological polar surface area (TPSA) is 67.4 Å². The summed E-state index contributed by atoms with van der Waals surface area (Å²) in [5.41, 5.74) is 2.62. The third kappa shape index (κ3) is 6.71. The van der Waals surface area contributed by atoms with Crippen molar-refractivity contribution in [3.05, 3.63) is 102 Å². The Morgan fingerprint density at radius 3 is 2.10 bits per heavy atom. The van der Waals surface area contributed by atoms with Crippen LogP contribution in [0.2, 0.25) is 0 Å². The Morgan fingerprint density at radius 1 is 0.839 bits per heavy atom. The van der Waals surface area contributed by atoms with Gasteiger partial charge in [-0.15, -0.1) is 0 Å². The molecule has 1 atom stereocenters. The zero-order valence-corrected chi connectivity index (χ0v) is 17.7. The molecular formula is C26H28N2O3. The van der Waals surface area contributed by atoms with Gasteiger partial charge in [-0.3, -0.25) is 9.59 Å². The van der Waals surface area contributed by atoms with E-state index in [4.69, 9.17) is 4.74 Å². The lowest BCUT2D eigenvalue weighted by molar-refractivity contribution is -0.121. The second-order valence-electron chi connectivity index (χ2n) is 7.14. The van der Waals surface area contributed by atoms with Gasteiger partial charge in [-0.25, -0.2) is 0 Å². The summed E-state index contributed by atoms with van der Waals surface area (Å²) in [6.07, 6.45) is 0.893. The number of benzene rings is 3. The van der Waals surface area contributed by atoms with Crippen molar-refractivity contribution in [3.63, 3.8) is 0 Å². The summed E-state index contributed by atoms with van der Waals surface area (Å²) in [4.78, 5) is 24.7. The number of nitrogens with one attached hydrogen (secondary N) is 2. The molecule has 2 N–H and O–H groups in total. The summed E-state index contributed by atoms with van der Waals surface area (Å²) in [6.45, 7) is 3.00. The van der Waals surface area contributed by atoms with Gasteiger partial charge in [0.2, 0.25) is 5.91 Å². The van der Waals surface area contributed by atoms with E-state index in [2.05, 4.69) is 10.6 Å². The van der Waals surface area contributed by atoms with Crippen LogP contribution in [0.1, 0.15) is 47.3 Å². The highest BCUT2D eigenvalue weighted by Gasteiger charge is 2.17. The van der Waals surface area contributed by atoms with Gasteiger partial charge in [0, 0.05) is 18.5 Å². The molecule has 2 amide bonds. The largest absolute Gasteiger partial charge is 0.494 e. The molecule has 3 aromatic rings. The number of amides is 2. The molecule has 0 radical (unpaired) electrons. The van der Waals surface area contributed by atoms with Gasteiger partial charge in [0.1, 0.15) is 5.75 Å². The average Bonchev–Trinajstić information content (AvgIpc) is 2.82. The van der Waals surface area contributed by atoms with Crippen LogP contribution < -0.4 is 15.4 Å². The first-order valence-electron chi connectivity index (χ1n) is 10.6. The monoisotopic (exact) mass is 416 g/mol. The number of ether oxygens (including phenoxy) is 1. The summed E-state index contributed by atoms with van der Waals surface area (Å²) >= 11 is 0. The minimum atomic E-state index is -0.247. The zero-order chi connectivity index (χ0) is 21.9. The Bertz CT molecular complexity index is 957. The van der Waals surface area contributed by atoms with E-state index < -0.39 is 0 Å². The van der Waals surface area contributed by atoms with Crippen molar-refractivity contribution in [1.82, 2.24) is 10.6 Å². The van der Waals surface area contributed by atoms with E-state index in [0.717, 1.165) is 16.9 Å². The van der Waals surface area contributed by atoms with Crippen molar-refractivity contribution in [2.45, 2.75) is 25.8 Å². The maximum atomic E-state index is 12.6. The van der Waals surface area contributed by atoms with Crippen LogP contribution in [0, 0.1) is 0 Å². The molecule has 0 spiro atoms. The highest BCUT2D eigenvalue weighted by atomic mass is 16.5. The first kappa shape index (κ1) is 22.1. The molecule has 0 aliphatic heterocycles. The molecule has 31 heavy (non-hydrogen) atoms. The third-order valence-corrected chi connectivity index (χ3v) is 4.86. The van der Waals surface area contributed by atoms with E-state index in [-0.39, 0.29) is 17.9 Å². The molecule has 3 aromatic carbocycles. The second kappa shape index (κ2) is 11.6. The highest BCUT2D eigenvalue weighted by Crippen LogP contribution is 2.24. The lowest BCUT2D eigenvalue weighted by atomic mass is 9.98. The van der Waals surface area contributed by atoms with Gasteiger partial charge < -0.3 is 15.4 Å². The molecule has 0 aliphatic carbocycles. The molecule has 0 aromatic heterocycles. The number of rotatable bonds is 10. The van der Waals surface area contributed by atoms with Crippen molar-refractivity contribution >= 4 is 11.8 Å². The first-order chi connectivity index (χ1) is 15.2. The second-order valence-corrected chi connectivity index (χ2v) is 7.14. The Hall–Kier alpha value is -3.60. The summed E-state index contributed by atoms with van der Waals surface area (Å²) in [5, 5.41) is 5.98. The molecule has 0 heterocycles. The van der Waals surface area contributed by atoms with E-state index in [9.17, 15) is 9.59 Å². The van der Waals surface area contributed by atoms with Crippen LogP contribution >= 0.6 is 0 Å². The standard InChI is InChI=1S/C26H28N2O3/c1-2-31-23-17-15-21(16-18-23)25(20-10-5-3-6-11-20)28-24(29)14-9-19-27-26(30)22-12-7-4-8-13-22/h3-8,10-13,15-18,25H,2,9,14,19H2,1H3,(H,27,30)(H,28,29). The maximum absolute atomic E-state index is 12.6. The van der Waals surface area contributed by atoms with Gasteiger partial charge >= 0.3 is 0 Å². The molecule has 3 rings (SSSR count). The minimum Gasteiger partial charge on any atom is -0.494 e. The molecule has 0 saturated heterocycles. The Balaban J connectivity index is 1.56. The van der Waals surface area contributed by atoms with Crippen LogP contribution in [0.4, 0.5) is 0 Å². The fourth-order valence-corrected chi connectivity index (χ4v) is 3.30. The first-order valence-corrected chi connectivity index (χ1v) is 10.6. The van der Waals surface area contributed by atoms with E-state index in [0.29, 0.717) is 31.6 Å². The van der Waals surface area contributed by atoms with Crippen LogP contribution in [0.3, 0.4) is 0 Å². The minimum absolute atomic E-state index is 0.0586. The summed E-state index contributed by atoms with van der Waals surface area (Å²) in [6, 6.07) is 26.5. The number of hydrogen-bond donors (Lipinski definition) is 2. The highest BCUT2D eigenvalue weighted by molar-refractivity contribution is 5.94. The SMILES string of the molecule is CCOc1ccc(C(NC(=O)CCCNC(=O)c2ccccc2)c2ccccc2)cc1. The smallest absolute Gasteiger partial charge is 0.251 e. The molecule has 5 nitrogen and oxygen atoms in total. The molecule has 0 fully saturated rings. The normalized spacial score (nSPS) is 11.4. The van der Waals surface area contributed by atoms with Crippen molar-refractivity contribution in [2.75, 3.05) is 13.2 Å². The summed E-state index contributed by atoms with van der Waals surface area (Å²) in [5.74, 6) is 0.618. The van der Waals surface area contributed by atoms with Gasteiger partial charge in [-0.05, 0) is 48.7 Å². The van der Waals surface area contributed by atoms with E-state index in [1.165, 1.54) is 0 Å². The van der Waals surface area contributed by atoms with Crippen molar-refractivity contribution in [3.8, 4) is 5.75 Å². The molecule has 0 saturated carbocycles. The molecule has 1 unspecified atom stereocenters.